The first-order chi connectivity index (χ1) is 9.44. The first kappa shape index (κ1) is 14.8. The van der Waals surface area contributed by atoms with Crippen molar-refractivity contribution in [1.82, 2.24) is 15.4 Å². The quantitative estimate of drug-likeness (QED) is 0.669. The van der Waals surface area contributed by atoms with Crippen LogP contribution in [0.5, 0.6) is 0 Å². The first-order valence-corrected chi connectivity index (χ1v) is 8.39. The molecule has 0 spiro atoms. The van der Waals surface area contributed by atoms with Crippen molar-refractivity contribution in [2.24, 2.45) is 0 Å². The predicted octanol–water partition coefficient (Wildman–Crippen LogP) is 0.00220. The fraction of sp³-hybridized carbons (Fsp3) is 0.462. The van der Waals surface area contributed by atoms with Gasteiger partial charge < -0.3 is 10.6 Å². The highest BCUT2D eigenvalue weighted by atomic mass is 32.2. The second-order valence-corrected chi connectivity index (χ2v) is 6.77. The average molecular weight is 297 g/mol. The van der Waals surface area contributed by atoms with Gasteiger partial charge in [0.25, 0.3) is 0 Å². The van der Waals surface area contributed by atoms with Crippen molar-refractivity contribution in [3.8, 4) is 0 Å². The van der Waals surface area contributed by atoms with Crippen LogP contribution in [0.1, 0.15) is 11.1 Å². The topological polar surface area (TPSA) is 87.3 Å². The third kappa shape index (κ3) is 4.50. The molecule has 0 aliphatic heterocycles. The minimum atomic E-state index is -3.20. The van der Waals surface area contributed by atoms with Gasteiger partial charge in [-0.15, -0.1) is 0 Å². The van der Waals surface area contributed by atoms with E-state index in [0.29, 0.717) is 0 Å². The summed E-state index contributed by atoms with van der Waals surface area (Å²) in [6, 6.07) is 7.99. The van der Waals surface area contributed by atoms with E-state index in [1.54, 1.807) is 0 Å². The number of carbonyl (C=O) groups excluding carboxylic acids is 1. The molecule has 3 N–H and O–H groups in total. The van der Waals surface area contributed by atoms with E-state index in [1.165, 1.54) is 11.1 Å². The van der Waals surface area contributed by atoms with E-state index in [0.717, 1.165) is 19.1 Å². The van der Waals surface area contributed by atoms with Crippen LogP contribution in [0, 0.1) is 0 Å². The van der Waals surface area contributed by atoms with Crippen LogP contribution >= 0.6 is 0 Å². The molecule has 2 amide bonds. The van der Waals surface area contributed by atoms with Crippen molar-refractivity contribution < 1.29 is 13.2 Å². The average Bonchev–Trinajstić information content (AvgIpc) is 2.75. The molecule has 0 heterocycles. The Balaban J connectivity index is 1.69. The highest BCUT2D eigenvalue weighted by Crippen LogP contribution is 2.21. The molecule has 0 fully saturated rings. The molecule has 1 aliphatic rings. The summed E-state index contributed by atoms with van der Waals surface area (Å²) in [5, 5.41) is 5.53. The van der Waals surface area contributed by atoms with Gasteiger partial charge >= 0.3 is 6.03 Å². The number of fused-ring (bicyclic) bond motifs is 1. The van der Waals surface area contributed by atoms with Crippen LogP contribution < -0.4 is 15.4 Å². The monoisotopic (exact) mass is 297 g/mol. The Bertz CT molecular complexity index is 561. The van der Waals surface area contributed by atoms with Gasteiger partial charge in [0.1, 0.15) is 0 Å². The molecule has 1 aliphatic carbocycles. The molecular formula is C13H19N3O3S. The van der Waals surface area contributed by atoms with Gasteiger partial charge in [0.2, 0.25) is 10.0 Å². The Labute approximate surface area is 119 Å². The molecule has 20 heavy (non-hydrogen) atoms. The summed E-state index contributed by atoms with van der Waals surface area (Å²) in [4.78, 5) is 11.7. The number of hydrogen-bond acceptors (Lipinski definition) is 3. The summed E-state index contributed by atoms with van der Waals surface area (Å²) >= 11 is 0. The van der Waals surface area contributed by atoms with Crippen molar-refractivity contribution in [2.75, 3.05) is 19.3 Å². The lowest BCUT2D eigenvalue weighted by Crippen LogP contribution is -2.44. The SMILES string of the molecule is CS(=O)(=O)NCCNC(=O)NC1Cc2ccccc2C1. The van der Waals surface area contributed by atoms with Gasteiger partial charge in [0, 0.05) is 19.1 Å². The molecule has 0 radical (unpaired) electrons. The van der Waals surface area contributed by atoms with Gasteiger partial charge in [-0.2, -0.15) is 0 Å². The van der Waals surface area contributed by atoms with Crippen molar-refractivity contribution in [3.05, 3.63) is 35.4 Å². The standard InChI is InChI=1S/C13H19N3O3S/c1-20(18,19)15-7-6-14-13(17)16-12-8-10-4-2-3-5-11(10)9-12/h2-5,12,15H,6-9H2,1H3,(H2,14,16,17). The number of benzene rings is 1. The van der Waals surface area contributed by atoms with E-state index in [2.05, 4.69) is 27.5 Å². The van der Waals surface area contributed by atoms with Crippen molar-refractivity contribution in [3.63, 3.8) is 0 Å². The molecule has 1 aromatic carbocycles. The van der Waals surface area contributed by atoms with Crippen LogP contribution in [0.2, 0.25) is 0 Å². The second-order valence-electron chi connectivity index (χ2n) is 4.94. The molecule has 110 valence electrons. The maximum Gasteiger partial charge on any atom is 0.315 e. The number of hydrogen-bond donors (Lipinski definition) is 3. The molecule has 0 bridgehead atoms. The number of amides is 2. The molecule has 0 atom stereocenters. The Morgan fingerprint density at radius 2 is 1.80 bits per heavy atom. The zero-order valence-corrected chi connectivity index (χ0v) is 12.2. The second kappa shape index (κ2) is 6.23. The largest absolute Gasteiger partial charge is 0.337 e. The molecule has 2 rings (SSSR count). The molecule has 0 unspecified atom stereocenters. The highest BCUT2D eigenvalue weighted by molar-refractivity contribution is 7.88. The van der Waals surface area contributed by atoms with Crippen LogP contribution in [0.15, 0.2) is 24.3 Å². The van der Waals surface area contributed by atoms with Crippen LogP contribution in [-0.4, -0.2) is 39.8 Å². The highest BCUT2D eigenvalue weighted by Gasteiger charge is 2.21. The van der Waals surface area contributed by atoms with Crippen molar-refractivity contribution in [1.29, 1.82) is 0 Å². The van der Waals surface area contributed by atoms with Gasteiger partial charge in [-0.25, -0.2) is 17.9 Å². The van der Waals surface area contributed by atoms with Gasteiger partial charge in [-0.05, 0) is 24.0 Å². The molecule has 1 aromatic rings. The zero-order valence-electron chi connectivity index (χ0n) is 11.3. The van der Waals surface area contributed by atoms with Crippen LogP contribution in [0.3, 0.4) is 0 Å². The van der Waals surface area contributed by atoms with Crippen LogP contribution in [-0.2, 0) is 22.9 Å². The number of nitrogens with one attached hydrogen (secondary N) is 3. The third-order valence-corrected chi connectivity index (χ3v) is 3.89. The van der Waals surface area contributed by atoms with E-state index in [1.807, 2.05) is 12.1 Å². The van der Waals surface area contributed by atoms with Gasteiger partial charge in [0.15, 0.2) is 0 Å². The summed E-state index contributed by atoms with van der Waals surface area (Å²) in [5.74, 6) is 0. The molecule has 0 aromatic heterocycles. The molecule has 6 nitrogen and oxygen atoms in total. The maximum absolute atomic E-state index is 11.7. The lowest BCUT2D eigenvalue weighted by Gasteiger charge is -2.13. The fourth-order valence-corrected chi connectivity index (χ4v) is 2.78. The smallest absolute Gasteiger partial charge is 0.315 e. The van der Waals surface area contributed by atoms with E-state index in [4.69, 9.17) is 0 Å². The molecule has 0 saturated carbocycles. The van der Waals surface area contributed by atoms with Crippen LogP contribution in [0.25, 0.3) is 0 Å². The Morgan fingerprint density at radius 1 is 1.20 bits per heavy atom. The van der Waals surface area contributed by atoms with E-state index < -0.39 is 10.0 Å². The van der Waals surface area contributed by atoms with E-state index >= 15 is 0 Å². The zero-order chi connectivity index (χ0) is 14.6. The molecular weight excluding hydrogens is 278 g/mol. The Kier molecular flexibility index (Phi) is 4.61. The third-order valence-electron chi connectivity index (χ3n) is 3.16. The number of rotatable bonds is 5. The summed E-state index contributed by atoms with van der Waals surface area (Å²) in [6.45, 7) is 0.454. The number of carbonyl (C=O) groups is 1. The van der Waals surface area contributed by atoms with Gasteiger partial charge in [-0.3, -0.25) is 0 Å². The van der Waals surface area contributed by atoms with Crippen molar-refractivity contribution in [2.45, 2.75) is 18.9 Å². The normalized spacial score (nSPS) is 14.8. The molecule has 7 heteroatoms. The predicted molar refractivity (Wildman–Crippen MR) is 77.0 cm³/mol. The number of sulfonamides is 1. The van der Waals surface area contributed by atoms with Crippen molar-refractivity contribution >= 4 is 16.1 Å². The van der Waals surface area contributed by atoms with E-state index in [9.17, 15) is 13.2 Å². The minimum absolute atomic E-state index is 0.107. The fourth-order valence-electron chi connectivity index (χ4n) is 2.31. The van der Waals surface area contributed by atoms with E-state index in [-0.39, 0.29) is 25.2 Å². The molecule has 0 saturated heterocycles. The van der Waals surface area contributed by atoms with Crippen LogP contribution in [0.4, 0.5) is 4.79 Å². The lowest BCUT2D eigenvalue weighted by molar-refractivity contribution is 0.237. The first-order valence-electron chi connectivity index (χ1n) is 6.50. The Hall–Kier alpha value is -1.60. The minimum Gasteiger partial charge on any atom is -0.337 e. The number of urea groups is 1. The maximum atomic E-state index is 11.7. The lowest BCUT2D eigenvalue weighted by atomic mass is 10.1. The van der Waals surface area contributed by atoms with Gasteiger partial charge in [0.05, 0.1) is 6.26 Å². The van der Waals surface area contributed by atoms with Gasteiger partial charge in [-0.1, -0.05) is 24.3 Å². The summed E-state index contributed by atoms with van der Waals surface area (Å²) in [7, 11) is -3.20. The Morgan fingerprint density at radius 3 is 2.35 bits per heavy atom. The summed E-state index contributed by atoms with van der Waals surface area (Å²) in [6.07, 6.45) is 2.76. The summed E-state index contributed by atoms with van der Waals surface area (Å²) in [5.41, 5.74) is 2.55. The summed E-state index contributed by atoms with van der Waals surface area (Å²) < 4.78 is 24.0.